The topological polar surface area (TPSA) is 30.5 Å². The van der Waals surface area contributed by atoms with Crippen LogP contribution in [0.5, 0.6) is 11.5 Å². The highest BCUT2D eigenvalue weighted by molar-refractivity contribution is 6.33. The van der Waals surface area contributed by atoms with Gasteiger partial charge in [-0.15, -0.1) is 0 Å². The van der Waals surface area contributed by atoms with E-state index in [1.54, 1.807) is 14.2 Å². The van der Waals surface area contributed by atoms with Crippen LogP contribution in [0.3, 0.4) is 0 Å². The Morgan fingerprint density at radius 1 is 1.22 bits per heavy atom. The van der Waals surface area contributed by atoms with E-state index >= 15 is 0 Å². The Kier molecular flexibility index (Phi) is 5.29. The SMILES string of the molecule is CNCCC(C)(C)c1ccc(OC)c(Cl)c1OC. The van der Waals surface area contributed by atoms with Gasteiger partial charge in [-0.3, -0.25) is 0 Å². The molecule has 3 nitrogen and oxygen atoms in total. The van der Waals surface area contributed by atoms with Crippen molar-refractivity contribution in [1.82, 2.24) is 5.32 Å². The van der Waals surface area contributed by atoms with Crippen LogP contribution in [0.15, 0.2) is 12.1 Å². The first-order valence-corrected chi connectivity index (χ1v) is 6.41. The van der Waals surface area contributed by atoms with E-state index < -0.39 is 0 Å². The van der Waals surface area contributed by atoms with Gasteiger partial charge in [0.1, 0.15) is 16.5 Å². The molecule has 1 aromatic carbocycles. The third-order valence-electron chi connectivity index (χ3n) is 3.21. The Morgan fingerprint density at radius 2 is 1.89 bits per heavy atom. The minimum absolute atomic E-state index is 0.00966. The number of benzene rings is 1. The van der Waals surface area contributed by atoms with Gasteiger partial charge in [0.2, 0.25) is 0 Å². The summed E-state index contributed by atoms with van der Waals surface area (Å²) in [6.07, 6.45) is 1.00. The molecule has 0 heterocycles. The summed E-state index contributed by atoms with van der Waals surface area (Å²) in [6, 6.07) is 3.92. The maximum atomic E-state index is 6.29. The van der Waals surface area contributed by atoms with E-state index in [-0.39, 0.29) is 5.41 Å². The van der Waals surface area contributed by atoms with Crippen LogP contribution in [-0.2, 0) is 5.41 Å². The van der Waals surface area contributed by atoms with Crippen molar-refractivity contribution in [2.45, 2.75) is 25.7 Å². The van der Waals surface area contributed by atoms with Crippen molar-refractivity contribution < 1.29 is 9.47 Å². The van der Waals surface area contributed by atoms with E-state index in [0.29, 0.717) is 16.5 Å². The van der Waals surface area contributed by atoms with Gasteiger partial charge in [0, 0.05) is 5.56 Å². The van der Waals surface area contributed by atoms with Crippen LogP contribution in [0.1, 0.15) is 25.8 Å². The van der Waals surface area contributed by atoms with Gasteiger partial charge in [-0.2, -0.15) is 0 Å². The van der Waals surface area contributed by atoms with E-state index in [1.165, 1.54) is 0 Å². The molecule has 1 aromatic rings. The lowest BCUT2D eigenvalue weighted by Gasteiger charge is -2.28. The highest BCUT2D eigenvalue weighted by atomic mass is 35.5. The smallest absolute Gasteiger partial charge is 0.144 e. The summed E-state index contributed by atoms with van der Waals surface area (Å²) in [5, 5.41) is 3.71. The number of halogens is 1. The van der Waals surface area contributed by atoms with Gasteiger partial charge in [-0.05, 0) is 31.5 Å². The van der Waals surface area contributed by atoms with Crippen LogP contribution in [0.2, 0.25) is 5.02 Å². The first kappa shape index (κ1) is 15.1. The zero-order valence-corrected chi connectivity index (χ0v) is 12.5. The van der Waals surface area contributed by atoms with Gasteiger partial charge in [0.05, 0.1) is 14.2 Å². The third-order valence-corrected chi connectivity index (χ3v) is 3.57. The van der Waals surface area contributed by atoms with E-state index in [4.69, 9.17) is 21.1 Å². The first-order chi connectivity index (χ1) is 8.47. The van der Waals surface area contributed by atoms with Crippen LogP contribution in [0.4, 0.5) is 0 Å². The average molecular weight is 272 g/mol. The molecular formula is C14H22ClNO2. The molecule has 0 radical (unpaired) electrons. The van der Waals surface area contributed by atoms with Crippen LogP contribution in [0, 0.1) is 0 Å². The van der Waals surface area contributed by atoms with Crippen LogP contribution < -0.4 is 14.8 Å². The molecule has 102 valence electrons. The Labute approximate surface area is 114 Å². The lowest BCUT2D eigenvalue weighted by Crippen LogP contribution is -2.24. The van der Waals surface area contributed by atoms with Gasteiger partial charge in [0.25, 0.3) is 0 Å². The Bertz CT molecular complexity index is 405. The van der Waals surface area contributed by atoms with Crippen molar-refractivity contribution in [3.05, 3.63) is 22.7 Å². The standard InChI is InChI=1S/C14H22ClNO2/c1-14(2,8-9-16-3)10-6-7-11(17-4)12(15)13(10)18-5/h6-7,16H,8-9H2,1-5H3. The highest BCUT2D eigenvalue weighted by Gasteiger charge is 2.26. The zero-order chi connectivity index (χ0) is 13.8. The summed E-state index contributed by atoms with van der Waals surface area (Å²) in [5.41, 5.74) is 1.09. The van der Waals surface area contributed by atoms with E-state index in [1.807, 2.05) is 19.2 Å². The highest BCUT2D eigenvalue weighted by Crippen LogP contribution is 2.42. The van der Waals surface area contributed by atoms with E-state index in [0.717, 1.165) is 18.5 Å². The van der Waals surface area contributed by atoms with Crippen molar-refractivity contribution in [1.29, 1.82) is 0 Å². The summed E-state index contributed by atoms with van der Waals surface area (Å²) in [5.74, 6) is 1.35. The number of nitrogens with one attached hydrogen (secondary N) is 1. The van der Waals surface area contributed by atoms with Crippen LogP contribution in [-0.4, -0.2) is 27.8 Å². The maximum Gasteiger partial charge on any atom is 0.144 e. The summed E-state index contributed by atoms with van der Waals surface area (Å²) >= 11 is 6.29. The number of hydrogen-bond acceptors (Lipinski definition) is 3. The second kappa shape index (κ2) is 6.30. The lowest BCUT2D eigenvalue weighted by atomic mass is 9.81. The zero-order valence-electron chi connectivity index (χ0n) is 11.8. The summed E-state index contributed by atoms with van der Waals surface area (Å²) < 4.78 is 10.7. The fourth-order valence-corrected chi connectivity index (χ4v) is 2.32. The predicted molar refractivity (Wildman–Crippen MR) is 76.1 cm³/mol. The van der Waals surface area contributed by atoms with Crippen LogP contribution >= 0.6 is 11.6 Å². The molecule has 0 fully saturated rings. The summed E-state index contributed by atoms with van der Waals surface area (Å²) in [6.45, 7) is 5.32. The number of rotatable bonds is 6. The quantitative estimate of drug-likeness (QED) is 0.862. The molecule has 0 aromatic heterocycles. The number of hydrogen-bond donors (Lipinski definition) is 1. The Hall–Kier alpha value is -0.930. The summed E-state index contributed by atoms with van der Waals surface area (Å²) in [7, 11) is 5.19. The van der Waals surface area contributed by atoms with Gasteiger partial charge < -0.3 is 14.8 Å². The molecule has 4 heteroatoms. The Morgan fingerprint density at radius 3 is 2.39 bits per heavy atom. The maximum absolute atomic E-state index is 6.29. The lowest BCUT2D eigenvalue weighted by molar-refractivity contribution is 0.374. The van der Waals surface area contributed by atoms with Gasteiger partial charge in [-0.25, -0.2) is 0 Å². The Balaban J connectivity index is 3.19. The molecule has 0 unspecified atom stereocenters. The number of ether oxygens (including phenoxy) is 2. The molecule has 0 bridgehead atoms. The normalized spacial score (nSPS) is 11.4. The van der Waals surface area contributed by atoms with Crippen molar-refractivity contribution >= 4 is 11.6 Å². The van der Waals surface area contributed by atoms with Crippen molar-refractivity contribution in [2.24, 2.45) is 0 Å². The van der Waals surface area contributed by atoms with E-state index in [9.17, 15) is 0 Å². The van der Waals surface area contributed by atoms with Crippen LogP contribution in [0.25, 0.3) is 0 Å². The largest absolute Gasteiger partial charge is 0.495 e. The van der Waals surface area contributed by atoms with Crippen molar-refractivity contribution in [2.75, 3.05) is 27.8 Å². The number of methoxy groups -OCH3 is 2. The molecule has 1 N–H and O–H groups in total. The molecule has 0 saturated carbocycles. The van der Waals surface area contributed by atoms with Crippen molar-refractivity contribution in [3.8, 4) is 11.5 Å². The minimum atomic E-state index is -0.00966. The van der Waals surface area contributed by atoms with Crippen molar-refractivity contribution in [3.63, 3.8) is 0 Å². The second-order valence-electron chi connectivity index (χ2n) is 4.90. The molecule has 0 saturated heterocycles. The van der Waals surface area contributed by atoms with Gasteiger partial charge in [0.15, 0.2) is 0 Å². The molecule has 0 spiro atoms. The minimum Gasteiger partial charge on any atom is -0.495 e. The molecule has 0 aliphatic rings. The molecule has 0 aliphatic carbocycles. The van der Waals surface area contributed by atoms with Gasteiger partial charge in [-0.1, -0.05) is 31.5 Å². The summed E-state index contributed by atoms with van der Waals surface area (Å²) in [4.78, 5) is 0. The second-order valence-corrected chi connectivity index (χ2v) is 5.28. The average Bonchev–Trinajstić information content (AvgIpc) is 2.36. The monoisotopic (exact) mass is 271 g/mol. The predicted octanol–water partition coefficient (Wildman–Crippen LogP) is 3.24. The molecule has 0 aliphatic heterocycles. The van der Waals surface area contributed by atoms with E-state index in [2.05, 4.69) is 19.2 Å². The molecular weight excluding hydrogens is 250 g/mol. The first-order valence-electron chi connectivity index (χ1n) is 6.03. The third kappa shape index (κ3) is 3.09. The fourth-order valence-electron chi connectivity index (χ4n) is 2.00. The van der Waals surface area contributed by atoms with Gasteiger partial charge >= 0.3 is 0 Å². The fraction of sp³-hybridized carbons (Fsp3) is 0.571. The molecule has 0 atom stereocenters. The molecule has 18 heavy (non-hydrogen) atoms. The molecule has 1 rings (SSSR count). The molecule has 0 amide bonds.